The molecule has 2 rings (SSSR count). The molecule has 1 aromatic heterocycles. The molecule has 6 nitrogen and oxygen atoms in total. The second-order valence-electron chi connectivity index (χ2n) is 4.76. The zero-order chi connectivity index (χ0) is 16.3. The Hall–Kier alpha value is -2.34. The average molecular weight is 322 g/mol. The molecule has 2 N–H and O–H groups in total. The molecule has 0 fully saturated rings. The molecule has 22 heavy (non-hydrogen) atoms. The number of hydrogen-bond acceptors (Lipinski definition) is 3. The molecule has 1 amide bonds. The monoisotopic (exact) mass is 321 g/mol. The summed E-state index contributed by atoms with van der Waals surface area (Å²) in [5, 5.41) is 16.0. The van der Waals surface area contributed by atoms with Crippen molar-refractivity contribution in [3.63, 3.8) is 0 Å². The normalized spacial score (nSPS) is 12.0. The van der Waals surface area contributed by atoms with E-state index in [1.807, 2.05) is 19.1 Å². The molecule has 116 valence electrons. The van der Waals surface area contributed by atoms with Crippen LogP contribution in [-0.2, 0) is 11.2 Å². The first-order valence-corrected chi connectivity index (χ1v) is 7.19. The van der Waals surface area contributed by atoms with Crippen molar-refractivity contribution in [1.29, 1.82) is 0 Å². The Morgan fingerprint density at radius 1 is 1.41 bits per heavy atom. The van der Waals surface area contributed by atoms with Gasteiger partial charge in [-0.2, -0.15) is 5.10 Å². The van der Waals surface area contributed by atoms with Crippen LogP contribution in [-0.4, -0.2) is 32.8 Å². The van der Waals surface area contributed by atoms with Gasteiger partial charge in [0.15, 0.2) is 0 Å². The third kappa shape index (κ3) is 3.12. The lowest BCUT2D eigenvalue weighted by Gasteiger charge is -2.11. The van der Waals surface area contributed by atoms with E-state index >= 15 is 0 Å². The molecule has 0 aliphatic carbocycles. The van der Waals surface area contributed by atoms with Gasteiger partial charge in [0.05, 0.1) is 28.2 Å². The lowest BCUT2D eigenvalue weighted by Crippen LogP contribution is -2.38. The van der Waals surface area contributed by atoms with E-state index in [9.17, 15) is 9.59 Å². The number of carbonyl (C=O) groups excluding carboxylic acids is 1. The molecule has 0 unspecified atom stereocenters. The molecular formula is C15H16ClN3O3. The second-order valence-corrected chi connectivity index (χ2v) is 5.16. The van der Waals surface area contributed by atoms with Gasteiger partial charge in [-0.25, -0.2) is 4.68 Å². The summed E-state index contributed by atoms with van der Waals surface area (Å²) in [7, 11) is 0. The summed E-state index contributed by atoms with van der Waals surface area (Å²) in [5.74, 6) is -1.56. The number of aromatic nitrogens is 2. The first-order valence-electron chi connectivity index (χ1n) is 6.81. The van der Waals surface area contributed by atoms with Crippen LogP contribution in [0, 0.1) is 0 Å². The summed E-state index contributed by atoms with van der Waals surface area (Å²) in [6.07, 6.45) is 1.97. The molecule has 7 heteroatoms. The van der Waals surface area contributed by atoms with Gasteiger partial charge in [-0.15, -0.1) is 0 Å². The lowest BCUT2D eigenvalue weighted by molar-refractivity contribution is -0.138. The van der Waals surface area contributed by atoms with Gasteiger partial charge in [-0.05, 0) is 25.5 Å². The highest BCUT2D eigenvalue weighted by molar-refractivity contribution is 6.32. The fourth-order valence-corrected chi connectivity index (χ4v) is 2.29. The van der Waals surface area contributed by atoms with Crippen LogP contribution in [0.5, 0.6) is 0 Å². The van der Waals surface area contributed by atoms with Gasteiger partial charge in [0.25, 0.3) is 5.91 Å². The van der Waals surface area contributed by atoms with E-state index in [1.165, 1.54) is 13.1 Å². The van der Waals surface area contributed by atoms with Crippen molar-refractivity contribution in [3.8, 4) is 5.69 Å². The highest BCUT2D eigenvalue weighted by atomic mass is 35.5. The van der Waals surface area contributed by atoms with E-state index in [0.717, 1.165) is 0 Å². The summed E-state index contributed by atoms with van der Waals surface area (Å²) in [6.45, 7) is 3.30. The number of benzene rings is 1. The molecule has 0 saturated heterocycles. The maximum absolute atomic E-state index is 12.2. The molecule has 0 saturated carbocycles. The number of para-hydroxylation sites is 1. The number of carboxylic acid groups (broad SMARTS) is 1. The van der Waals surface area contributed by atoms with Crippen molar-refractivity contribution < 1.29 is 14.7 Å². The van der Waals surface area contributed by atoms with Crippen LogP contribution < -0.4 is 5.32 Å². The molecule has 1 atom stereocenters. The SMILES string of the molecule is CCc1c(C(=O)N[C@@H](C)C(=O)O)cnn1-c1ccccc1Cl. The minimum Gasteiger partial charge on any atom is -0.480 e. The van der Waals surface area contributed by atoms with Crippen molar-refractivity contribution in [2.24, 2.45) is 0 Å². The van der Waals surface area contributed by atoms with E-state index in [4.69, 9.17) is 16.7 Å². The third-order valence-electron chi connectivity index (χ3n) is 3.25. The number of rotatable bonds is 5. The summed E-state index contributed by atoms with van der Waals surface area (Å²) in [4.78, 5) is 23.0. The van der Waals surface area contributed by atoms with Gasteiger partial charge in [0.1, 0.15) is 6.04 Å². The topological polar surface area (TPSA) is 84.2 Å². The van der Waals surface area contributed by atoms with Crippen LogP contribution in [0.2, 0.25) is 5.02 Å². The molecule has 0 spiro atoms. The fraction of sp³-hybridized carbons (Fsp3) is 0.267. The highest BCUT2D eigenvalue weighted by Crippen LogP contribution is 2.22. The number of halogens is 1. The van der Waals surface area contributed by atoms with E-state index in [0.29, 0.717) is 28.4 Å². The summed E-state index contributed by atoms with van der Waals surface area (Å²) < 4.78 is 1.60. The Kier molecular flexibility index (Phi) is 4.82. The number of amides is 1. The predicted octanol–water partition coefficient (Wildman–Crippen LogP) is 2.29. The quantitative estimate of drug-likeness (QED) is 0.885. The lowest BCUT2D eigenvalue weighted by atomic mass is 10.1. The van der Waals surface area contributed by atoms with Crippen molar-refractivity contribution >= 4 is 23.5 Å². The van der Waals surface area contributed by atoms with Gasteiger partial charge in [-0.3, -0.25) is 9.59 Å². The van der Waals surface area contributed by atoms with Crippen LogP contribution in [0.1, 0.15) is 29.9 Å². The standard InChI is InChI=1S/C15H16ClN3O3/c1-3-12-10(14(20)18-9(2)15(21)22)8-17-19(12)13-7-5-4-6-11(13)16/h4-9H,3H2,1-2H3,(H,18,20)(H,21,22)/t9-/m0/s1. The third-order valence-corrected chi connectivity index (χ3v) is 3.57. The van der Waals surface area contributed by atoms with E-state index in [-0.39, 0.29) is 0 Å². The zero-order valence-corrected chi connectivity index (χ0v) is 13.0. The van der Waals surface area contributed by atoms with Crippen LogP contribution in [0.25, 0.3) is 5.69 Å². The van der Waals surface area contributed by atoms with Gasteiger partial charge < -0.3 is 10.4 Å². The first-order chi connectivity index (χ1) is 10.5. The van der Waals surface area contributed by atoms with E-state index in [1.54, 1.807) is 16.8 Å². The maximum Gasteiger partial charge on any atom is 0.325 e. The average Bonchev–Trinajstić information content (AvgIpc) is 2.91. The largest absolute Gasteiger partial charge is 0.480 e. The molecule has 1 aromatic carbocycles. The van der Waals surface area contributed by atoms with E-state index in [2.05, 4.69) is 10.4 Å². The van der Waals surface area contributed by atoms with Crippen molar-refractivity contribution in [1.82, 2.24) is 15.1 Å². The smallest absolute Gasteiger partial charge is 0.325 e. The molecule has 1 heterocycles. The van der Waals surface area contributed by atoms with Gasteiger partial charge in [-0.1, -0.05) is 30.7 Å². The van der Waals surface area contributed by atoms with E-state index < -0.39 is 17.9 Å². The van der Waals surface area contributed by atoms with Crippen LogP contribution in [0.3, 0.4) is 0 Å². The Morgan fingerprint density at radius 2 is 2.09 bits per heavy atom. The highest BCUT2D eigenvalue weighted by Gasteiger charge is 2.21. The maximum atomic E-state index is 12.2. The second kappa shape index (κ2) is 6.62. The van der Waals surface area contributed by atoms with Crippen molar-refractivity contribution in [2.45, 2.75) is 26.3 Å². The summed E-state index contributed by atoms with van der Waals surface area (Å²) in [5.41, 5.74) is 1.69. The Labute approximate surface area is 132 Å². The van der Waals surface area contributed by atoms with Crippen LogP contribution in [0.4, 0.5) is 0 Å². The Balaban J connectivity index is 2.38. The summed E-state index contributed by atoms with van der Waals surface area (Å²) >= 11 is 6.16. The predicted molar refractivity (Wildman–Crippen MR) is 82.5 cm³/mol. The molecule has 0 radical (unpaired) electrons. The first kappa shape index (κ1) is 16.0. The van der Waals surface area contributed by atoms with Gasteiger partial charge >= 0.3 is 5.97 Å². The number of nitrogens with zero attached hydrogens (tertiary/aromatic N) is 2. The van der Waals surface area contributed by atoms with Crippen molar-refractivity contribution in [3.05, 3.63) is 46.7 Å². The van der Waals surface area contributed by atoms with Crippen LogP contribution >= 0.6 is 11.6 Å². The number of carbonyl (C=O) groups is 2. The van der Waals surface area contributed by atoms with Gasteiger partial charge in [0.2, 0.25) is 0 Å². The van der Waals surface area contributed by atoms with Crippen LogP contribution in [0.15, 0.2) is 30.5 Å². The number of hydrogen-bond donors (Lipinski definition) is 2. The Morgan fingerprint density at radius 3 is 2.68 bits per heavy atom. The Bertz CT molecular complexity index is 712. The van der Waals surface area contributed by atoms with Crippen molar-refractivity contribution in [2.75, 3.05) is 0 Å². The minimum absolute atomic E-state index is 0.343. The summed E-state index contributed by atoms with van der Waals surface area (Å²) in [6, 6.07) is 6.21. The molecule has 0 aliphatic rings. The molecule has 2 aromatic rings. The molecule has 0 aliphatic heterocycles. The number of nitrogens with one attached hydrogen (secondary N) is 1. The molecular weight excluding hydrogens is 306 g/mol. The number of carboxylic acids is 1. The number of aliphatic carboxylic acids is 1. The zero-order valence-electron chi connectivity index (χ0n) is 12.2. The molecule has 0 bridgehead atoms. The fourth-order valence-electron chi connectivity index (χ4n) is 2.07. The van der Waals surface area contributed by atoms with Gasteiger partial charge in [0, 0.05) is 0 Å². The minimum atomic E-state index is -1.09.